The Morgan fingerprint density at radius 2 is 2.15 bits per heavy atom. The number of rotatable bonds is 5. The van der Waals surface area contributed by atoms with Gasteiger partial charge in [0.2, 0.25) is 0 Å². The Hall–Kier alpha value is -2.15. The minimum absolute atomic E-state index is 0.142. The van der Waals surface area contributed by atoms with Crippen molar-refractivity contribution in [3.63, 3.8) is 0 Å². The van der Waals surface area contributed by atoms with Crippen molar-refractivity contribution in [1.82, 2.24) is 24.8 Å². The molecule has 7 heteroatoms. The summed E-state index contributed by atoms with van der Waals surface area (Å²) in [6, 6.07) is 0.263. The van der Waals surface area contributed by atoms with E-state index in [0.29, 0.717) is 30.0 Å². The summed E-state index contributed by atoms with van der Waals surface area (Å²) in [5.41, 5.74) is 1.59. The summed E-state index contributed by atoms with van der Waals surface area (Å²) in [5, 5.41) is 3.07. The van der Waals surface area contributed by atoms with Crippen LogP contribution in [0.25, 0.3) is 0 Å². The molecule has 3 heterocycles. The molecular formula is C19H27N5O2. The highest BCUT2D eigenvalue weighted by atomic mass is 16.3. The zero-order valence-corrected chi connectivity index (χ0v) is 15.5. The standard InChI is InChI=1S/C19H27N5O2/c1-23-8-4-7-14(17(23)16-10-20-12-24(16)2)9-21-18(25)15-11-26-19(22-15)13-5-3-6-13/h10-14,17H,3-9H2,1-2H3,(H,21,25)/t14-,17+/m0/s1. The first-order chi connectivity index (χ1) is 12.6. The van der Waals surface area contributed by atoms with Crippen molar-refractivity contribution in [3.05, 3.63) is 36.1 Å². The van der Waals surface area contributed by atoms with Gasteiger partial charge in [-0.2, -0.15) is 0 Å². The van der Waals surface area contributed by atoms with Gasteiger partial charge in [0.15, 0.2) is 11.6 Å². The van der Waals surface area contributed by atoms with Crippen LogP contribution >= 0.6 is 0 Å². The van der Waals surface area contributed by atoms with Crippen molar-refractivity contribution in [3.8, 4) is 0 Å². The molecule has 2 fully saturated rings. The van der Waals surface area contributed by atoms with Crippen LogP contribution in [0.1, 0.15) is 66.1 Å². The summed E-state index contributed by atoms with van der Waals surface area (Å²) >= 11 is 0. The lowest BCUT2D eigenvalue weighted by Crippen LogP contribution is -2.42. The minimum atomic E-state index is -0.142. The van der Waals surface area contributed by atoms with Gasteiger partial charge in [-0.25, -0.2) is 9.97 Å². The predicted octanol–water partition coefficient (Wildman–Crippen LogP) is 2.49. The summed E-state index contributed by atoms with van der Waals surface area (Å²) in [4.78, 5) is 23.5. The number of hydrogen-bond acceptors (Lipinski definition) is 5. The van der Waals surface area contributed by atoms with Crippen molar-refractivity contribution >= 4 is 5.91 Å². The maximum absolute atomic E-state index is 12.5. The third kappa shape index (κ3) is 3.28. The summed E-state index contributed by atoms with van der Waals surface area (Å²) in [5.74, 6) is 1.33. The molecular weight excluding hydrogens is 330 g/mol. The van der Waals surface area contributed by atoms with Crippen molar-refractivity contribution in [2.75, 3.05) is 20.1 Å². The molecule has 2 aliphatic rings. The average molecular weight is 357 g/mol. The van der Waals surface area contributed by atoms with Crippen LogP contribution in [0.5, 0.6) is 0 Å². The molecule has 140 valence electrons. The largest absolute Gasteiger partial charge is 0.448 e. The van der Waals surface area contributed by atoms with E-state index in [-0.39, 0.29) is 11.9 Å². The third-order valence-electron chi connectivity index (χ3n) is 5.90. The van der Waals surface area contributed by atoms with E-state index >= 15 is 0 Å². The number of likely N-dealkylation sites (tertiary alicyclic amines) is 1. The van der Waals surface area contributed by atoms with Crippen molar-refractivity contribution in [2.45, 2.75) is 44.1 Å². The number of carbonyl (C=O) groups is 1. The van der Waals surface area contributed by atoms with Crippen molar-refractivity contribution < 1.29 is 9.21 Å². The molecule has 2 atom stereocenters. The Kier molecular flexibility index (Phi) is 4.80. The topological polar surface area (TPSA) is 76.2 Å². The molecule has 0 unspecified atom stereocenters. The van der Waals surface area contributed by atoms with E-state index in [1.54, 1.807) is 0 Å². The second kappa shape index (κ2) is 7.23. The molecule has 4 rings (SSSR count). The van der Waals surface area contributed by atoms with Crippen molar-refractivity contribution in [2.24, 2.45) is 13.0 Å². The van der Waals surface area contributed by atoms with Crippen LogP contribution in [-0.2, 0) is 7.05 Å². The maximum Gasteiger partial charge on any atom is 0.273 e. The molecule has 1 amide bonds. The number of oxazole rings is 1. The Balaban J connectivity index is 1.41. The van der Waals surface area contributed by atoms with Gasteiger partial charge in [0.1, 0.15) is 6.26 Å². The van der Waals surface area contributed by atoms with E-state index < -0.39 is 0 Å². The zero-order chi connectivity index (χ0) is 18.1. The summed E-state index contributed by atoms with van der Waals surface area (Å²) in [7, 11) is 4.17. The van der Waals surface area contributed by atoms with Crippen molar-refractivity contribution in [1.29, 1.82) is 0 Å². The van der Waals surface area contributed by atoms with Gasteiger partial charge in [-0.3, -0.25) is 9.69 Å². The van der Waals surface area contributed by atoms with Gasteiger partial charge in [0.05, 0.1) is 18.1 Å². The predicted molar refractivity (Wildman–Crippen MR) is 96.7 cm³/mol. The van der Waals surface area contributed by atoms with Gasteiger partial charge >= 0.3 is 0 Å². The second-order valence-corrected chi connectivity index (χ2v) is 7.67. The molecule has 1 N–H and O–H groups in total. The molecule has 0 bridgehead atoms. The lowest BCUT2D eigenvalue weighted by molar-refractivity contribution is 0.0877. The van der Waals surface area contributed by atoms with Crippen LogP contribution in [-0.4, -0.2) is 45.5 Å². The Labute approximate surface area is 153 Å². The fourth-order valence-electron chi connectivity index (χ4n) is 4.14. The minimum Gasteiger partial charge on any atom is -0.448 e. The molecule has 26 heavy (non-hydrogen) atoms. The zero-order valence-electron chi connectivity index (χ0n) is 15.5. The van der Waals surface area contributed by atoms with Gasteiger partial charge < -0.3 is 14.3 Å². The number of aromatic nitrogens is 3. The number of imidazole rings is 1. The molecule has 1 aliphatic heterocycles. The second-order valence-electron chi connectivity index (χ2n) is 7.67. The van der Waals surface area contributed by atoms with Gasteiger partial charge in [-0.1, -0.05) is 6.42 Å². The number of piperidine rings is 1. The fourth-order valence-corrected chi connectivity index (χ4v) is 4.14. The summed E-state index contributed by atoms with van der Waals surface area (Å²) in [6.45, 7) is 1.69. The van der Waals surface area contributed by atoms with Crippen LogP contribution in [0.4, 0.5) is 0 Å². The summed E-state index contributed by atoms with van der Waals surface area (Å²) < 4.78 is 7.58. The highest BCUT2D eigenvalue weighted by Gasteiger charge is 2.33. The first-order valence-electron chi connectivity index (χ1n) is 9.53. The van der Waals surface area contributed by atoms with E-state index in [1.165, 1.54) is 18.4 Å². The van der Waals surface area contributed by atoms with E-state index in [1.807, 2.05) is 19.6 Å². The van der Waals surface area contributed by atoms with Gasteiger partial charge in [0, 0.05) is 25.7 Å². The highest BCUT2D eigenvalue weighted by Crippen LogP contribution is 2.36. The maximum atomic E-state index is 12.5. The van der Waals surface area contributed by atoms with Crippen LogP contribution in [0.15, 0.2) is 23.2 Å². The molecule has 0 radical (unpaired) electrons. The van der Waals surface area contributed by atoms with Crippen LogP contribution in [0, 0.1) is 5.92 Å². The van der Waals surface area contributed by atoms with Crippen LogP contribution < -0.4 is 5.32 Å². The third-order valence-corrected chi connectivity index (χ3v) is 5.90. The van der Waals surface area contributed by atoms with E-state index in [0.717, 1.165) is 32.2 Å². The van der Waals surface area contributed by atoms with Crippen LogP contribution in [0.3, 0.4) is 0 Å². The summed E-state index contributed by atoms with van der Waals surface area (Å²) in [6.07, 6.45) is 10.9. The number of aryl methyl sites for hydroxylation is 1. The number of nitrogens with one attached hydrogen (secondary N) is 1. The SMILES string of the molecule is CN1CCC[C@@H](CNC(=O)c2coc(C3CCC3)n2)[C@@H]1c1cncn1C. The molecule has 2 aromatic heterocycles. The Morgan fingerprint density at radius 1 is 1.31 bits per heavy atom. The number of nitrogens with zero attached hydrogens (tertiary/aromatic N) is 4. The average Bonchev–Trinajstić information content (AvgIpc) is 3.21. The first kappa shape index (κ1) is 17.3. The molecule has 2 aromatic rings. The lowest BCUT2D eigenvalue weighted by Gasteiger charge is -2.39. The van der Waals surface area contributed by atoms with E-state index in [9.17, 15) is 4.79 Å². The number of hydrogen-bond donors (Lipinski definition) is 1. The molecule has 1 aliphatic carbocycles. The van der Waals surface area contributed by atoms with E-state index in [4.69, 9.17) is 4.42 Å². The fraction of sp³-hybridized carbons (Fsp3) is 0.632. The molecule has 0 aromatic carbocycles. The Morgan fingerprint density at radius 3 is 2.85 bits per heavy atom. The van der Waals surface area contributed by atoms with Gasteiger partial charge in [-0.15, -0.1) is 0 Å². The quantitative estimate of drug-likeness (QED) is 0.890. The highest BCUT2D eigenvalue weighted by molar-refractivity contribution is 5.91. The molecule has 0 spiro atoms. The van der Waals surface area contributed by atoms with Crippen LogP contribution in [0.2, 0.25) is 0 Å². The Bertz CT molecular complexity index is 764. The number of amides is 1. The first-order valence-corrected chi connectivity index (χ1v) is 9.53. The smallest absolute Gasteiger partial charge is 0.273 e. The monoisotopic (exact) mass is 357 g/mol. The van der Waals surface area contributed by atoms with E-state index in [2.05, 4.69) is 31.8 Å². The van der Waals surface area contributed by atoms with Gasteiger partial charge in [-0.05, 0) is 45.2 Å². The molecule has 7 nitrogen and oxygen atoms in total. The normalized spacial score (nSPS) is 24.4. The number of carbonyl (C=O) groups excluding carboxylic acids is 1. The van der Waals surface area contributed by atoms with Gasteiger partial charge in [0.25, 0.3) is 5.91 Å². The molecule has 1 saturated heterocycles. The molecule has 1 saturated carbocycles. The lowest BCUT2D eigenvalue weighted by atomic mass is 9.85.